The van der Waals surface area contributed by atoms with E-state index in [1.807, 2.05) is 13.8 Å². The van der Waals surface area contributed by atoms with Crippen LogP contribution in [0.3, 0.4) is 0 Å². The average molecular weight is 458 g/mol. The van der Waals surface area contributed by atoms with Gasteiger partial charge in [-0.25, -0.2) is 4.39 Å². The van der Waals surface area contributed by atoms with Crippen LogP contribution in [0.25, 0.3) is 6.08 Å². The molecule has 0 saturated carbocycles. The number of methoxy groups -OCH3 is 1. The Labute approximate surface area is 190 Å². The van der Waals surface area contributed by atoms with E-state index in [9.17, 15) is 14.0 Å². The van der Waals surface area contributed by atoms with Crippen molar-refractivity contribution in [1.82, 2.24) is 4.90 Å². The van der Waals surface area contributed by atoms with Crippen molar-refractivity contribution in [2.45, 2.75) is 13.8 Å². The monoisotopic (exact) mass is 457 g/mol. The minimum Gasteiger partial charge on any atom is -0.493 e. The molecule has 0 radical (unpaired) electrons. The van der Waals surface area contributed by atoms with Gasteiger partial charge in [-0.2, -0.15) is 0 Å². The maximum atomic E-state index is 13.0. The highest BCUT2D eigenvalue weighted by Crippen LogP contribution is 2.37. The first-order valence-electron chi connectivity index (χ1n) is 10.1. The van der Waals surface area contributed by atoms with Gasteiger partial charge in [0.2, 0.25) is 0 Å². The van der Waals surface area contributed by atoms with Crippen molar-refractivity contribution in [3.05, 3.63) is 58.8 Å². The number of nitrogens with one attached hydrogen (secondary N) is 1. The van der Waals surface area contributed by atoms with Gasteiger partial charge in [-0.1, -0.05) is 12.1 Å². The summed E-state index contributed by atoms with van der Waals surface area (Å²) in [5, 5.41) is 3.30. The first-order chi connectivity index (χ1) is 15.5. The molecule has 2 aromatic carbocycles. The molecular formula is C23H24FN3O4S. The third kappa shape index (κ3) is 5.47. The number of likely N-dealkylation sites (N-methyl/N-ethyl adjacent to an activating group) is 1. The molecule has 0 bridgehead atoms. The standard InChI is InChI=1S/C23H24FN3O4S/c1-4-25-23-27(5-2)22(29)19(32-23)13-15-7-6-8-18(30-3)21(15)31-14-20(28)26-17-11-9-16(24)10-12-17/h6-13H,4-5,14H2,1-3H3,(H,26,28)/b19-13+,25-23?. The van der Waals surface area contributed by atoms with Crippen LogP contribution in [0.5, 0.6) is 11.5 Å². The Morgan fingerprint density at radius 3 is 2.62 bits per heavy atom. The van der Waals surface area contributed by atoms with Gasteiger partial charge in [0, 0.05) is 24.3 Å². The lowest BCUT2D eigenvalue weighted by Gasteiger charge is -2.14. The number of benzene rings is 2. The van der Waals surface area contributed by atoms with E-state index in [-0.39, 0.29) is 18.3 Å². The molecule has 168 valence electrons. The average Bonchev–Trinajstić information content (AvgIpc) is 3.08. The predicted octanol–water partition coefficient (Wildman–Crippen LogP) is 4.16. The van der Waals surface area contributed by atoms with Crippen LogP contribution >= 0.6 is 11.8 Å². The van der Waals surface area contributed by atoms with Gasteiger partial charge in [0.25, 0.3) is 11.8 Å². The summed E-state index contributed by atoms with van der Waals surface area (Å²) in [7, 11) is 1.50. The number of amidine groups is 1. The number of amides is 2. The highest BCUT2D eigenvalue weighted by molar-refractivity contribution is 8.18. The van der Waals surface area contributed by atoms with Crippen LogP contribution in [-0.2, 0) is 9.59 Å². The molecule has 7 nitrogen and oxygen atoms in total. The molecule has 2 aromatic rings. The van der Waals surface area contributed by atoms with Gasteiger partial charge in [-0.15, -0.1) is 0 Å². The first kappa shape index (κ1) is 23.3. The second-order valence-corrected chi connectivity index (χ2v) is 7.65. The Morgan fingerprint density at radius 2 is 1.97 bits per heavy atom. The molecule has 9 heteroatoms. The Morgan fingerprint density at radius 1 is 1.22 bits per heavy atom. The number of carbonyl (C=O) groups excluding carboxylic acids is 2. The maximum absolute atomic E-state index is 13.0. The molecule has 1 saturated heterocycles. The summed E-state index contributed by atoms with van der Waals surface area (Å²) in [6.07, 6.45) is 1.71. The molecule has 1 fully saturated rings. The SMILES string of the molecule is CCN=C1S/C(=C/c2cccc(OC)c2OCC(=O)Nc2ccc(F)cc2)C(=O)N1CC. The number of hydrogen-bond acceptors (Lipinski definition) is 6. The molecule has 3 rings (SSSR count). The number of anilines is 1. The molecular weight excluding hydrogens is 433 g/mol. The third-order valence-corrected chi connectivity index (χ3v) is 5.53. The van der Waals surface area contributed by atoms with E-state index in [4.69, 9.17) is 9.47 Å². The molecule has 0 spiro atoms. The number of ether oxygens (including phenoxy) is 2. The number of rotatable bonds is 8. The van der Waals surface area contributed by atoms with Gasteiger partial charge in [-0.05, 0) is 62.0 Å². The highest BCUT2D eigenvalue weighted by Gasteiger charge is 2.32. The zero-order chi connectivity index (χ0) is 23.1. The van der Waals surface area contributed by atoms with E-state index in [0.29, 0.717) is 45.9 Å². The Bertz CT molecular complexity index is 1050. The first-order valence-corrected chi connectivity index (χ1v) is 10.9. The summed E-state index contributed by atoms with van der Waals surface area (Å²) >= 11 is 1.30. The summed E-state index contributed by atoms with van der Waals surface area (Å²) in [6, 6.07) is 10.7. The van der Waals surface area contributed by atoms with Crippen molar-refractivity contribution >= 4 is 40.5 Å². The molecule has 1 aliphatic rings. The molecule has 0 unspecified atom stereocenters. The van der Waals surface area contributed by atoms with E-state index in [1.54, 1.807) is 29.2 Å². The molecule has 0 aromatic heterocycles. The normalized spacial score (nSPS) is 16.0. The number of hydrogen-bond donors (Lipinski definition) is 1. The number of nitrogens with zero attached hydrogens (tertiary/aromatic N) is 2. The fourth-order valence-corrected chi connectivity index (χ4v) is 4.11. The van der Waals surface area contributed by atoms with Crippen molar-refractivity contribution in [1.29, 1.82) is 0 Å². The summed E-state index contributed by atoms with van der Waals surface area (Å²) < 4.78 is 24.2. The lowest BCUT2D eigenvalue weighted by Crippen LogP contribution is -2.28. The molecule has 1 N–H and O–H groups in total. The van der Waals surface area contributed by atoms with Crippen molar-refractivity contribution in [3.8, 4) is 11.5 Å². The third-order valence-electron chi connectivity index (χ3n) is 4.49. The van der Waals surface area contributed by atoms with Gasteiger partial charge >= 0.3 is 0 Å². The zero-order valence-corrected chi connectivity index (χ0v) is 18.9. The van der Waals surface area contributed by atoms with E-state index < -0.39 is 5.91 Å². The van der Waals surface area contributed by atoms with Gasteiger partial charge in [0.05, 0.1) is 12.0 Å². The van der Waals surface area contributed by atoms with Gasteiger partial charge < -0.3 is 14.8 Å². The fraction of sp³-hybridized carbons (Fsp3) is 0.261. The lowest BCUT2D eigenvalue weighted by atomic mass is 10.1. The topological polar surface area (TPSA) is 80.2 Å². The van der Waals surface area contributed by atoms with E-state index in [1.165, 1.54) is 43.1 Å². The second kappa shape index (κ2) is 10.8. The highest BCUT2D eigenvalue weighted by atomic mass is 32.2. The largest absolute Gasteiger partial charge is 0.493 e. The molecule has 2 amide bonds. The summed E-state index contributed by atoms with van der Waals surface area (Å²) in [5.41, 5.74) is 1.06. The number of para-hydroxylation sites is 1. The minimum absolute atomic E-state index is 0.132. The predicted molar refractivity (Wildman–Crippen MR) is 124 cm³/mol. The van der Waals surface area contributed by atoms with Crippen LogP contribution in [-0.4, -0.2) is 48.7 Å². The van der Waals surface area contributed by atoms with Crippen molar-refractivity contribution in [2.24, 2.45) is 4.99 Å². The molecule has 1 heterocycles. The van der Waals surface area contributed by atoms with Crippen molar-refractivity contribution in [3.63, 3.8) is 0 Å². The van der Waals surface area contributed by atoms with E-state index >= 15 is 0 Å². The van der Waals surface area contributed by atoms with E-state index in [0.717, 1.165) is 0 Å². The fourth-order valence-electron chi connectivity index (χ4n) is 3.01. The van der Waals surface area contributed by atoms with Crippen LogP contribution in [0.2, 0.25) is 0 Å². The van der Waals surface area contributed by atoms with Crippen molar-refractivity contribution < 1.29 is 23.5 Å². The molecule has 32 heavy (non-hydrogen) atoms. The lowest BCUT2D eigenvalue weighted by molar-refractivity contribution is -0.122. The minimum atomic E-state index is -0.415. The van der Waals surface area contributed by atoms with Crippen LogP contribution in [0.15, 0.2) is 52.4 Å². The summed E-state index contributed by atoms with van der Waals surface area (Å²) in [6.45, 7) is 4.62. The Kier molecular flexibility index (Phi) is 7.88. The smallest absolute Gasteiger partial charge is 0.266 e. The Hall–Kier alpha value is -3.33. The number of thioether (sulfide) groups is 1. The van der Waals surface area contributed by atoms with E-state index in [2.05, 4.69) is 10.3 Å². The van der Waals surface area contributed by atoms with Gasteiger partial charge in [0.15, 0.2) is 23.3 Å². The second-order valence-electron chi connectivity index (χ2n) is 6.64. The molecule has 0 atom stereocenters. The summed E-state index contributed by atoms with van der Waals surface area (Å²) in [5.74, 6) is -0.165. The summed E-state index contributed by atoms with van der Waals surface area (Å²) in [4.78, 5) is 31.6. The van der Waals surface area contributed by atoms with Crippen LogP contribution in [0.1, 0.15) is 19.4 Å². The van der Waals surface area contributed by atoms with Crippen LogP contribution in [0.4, 0.5) is 10.1 Å². The maximum Gasteiger partial charge on any atom is 0.266 e. The van der Waals surface area contributed by atoms with Crippen LogP contribution in [0, 0.1) is 5.82 Å². The van der Waals surface area contributed by atoms with Gasteiger partial charge in [-0.3, -0.25) is 19.5 Å². The quantitative estimate of drug-likeness (QED) is 0.602. The Balaban J connectivity index is 1.81. The number of aliphatic imine (C=N–C) groups is 1. The zero-order valence-electron chi connectivity index (χ0n) is 18.1. The molecule has 1 aliphatic heterocycles. The number of halogens is 1. The number of carbonyl (C=O) groups is 2. The molecule has 0 aliphatic carbocycles. The van der Waals surface area contributed by atoms with Gasteiger partial charge in [0.1, 0.15) is 5.82 Å². The van der Waals surface area contributed by atoms with Crippen LogP contribution < -0.4 is 14.8 Å². The van der Waals surface area contributed by atoms with Crippen molar-refractivity contribution in [2.75, 3.05) is 32.1 Å².